The molecule has 1 aromatic rings. The number of likely N-dealkylation sites (N-methyl/N-ethyl adjacent to an activating group) is 1. The average molecular weight is 293 g/mol. The molecule has 116 valence electrons. The summed E-state index contributed by atoms with van der Waals surface area (Å²) in [5.41, 5.74) is 1.34. The molecule has 1 saturated heterocycles. The third kappa shape index (κ3) is 4.19. The van der Waals surface area contributed by atoms with Crippen molar-refractivity contribution in [1.82, 2.24) is 5.32 Å². The third-order valence-corrected chi connectivity index (χ3v) is 4.46. The summed E-state index contributed by atoms with van der Waals surface area (Å²) in [7, 11) is 3.40. The number of nitrogens with one attached hydrogen (secondary N) is 3. The van der Waals surface area contributed by atoms with E-state index in [1.54, 1.807) is 19.1 Å². The summed E-state index contributed by atoms with van der Waals surface area (Å²) in [6.07, 6.45) is 0. The Kier molecular flexibility index (Phi) is 5.59. The standard InChI is InChI=1S/C16H25N3O2/c1-13(16(20)17-2)19-10-8-18(9-11-19)12-14-4-6-15(21-3)7-5-14/h4-7,13H,8-12H2,1-3H3,(H,17,20)/p+2/t13-/m1/s1. The van der Waals surface area contributed by atoms with Crippen molar-refractivity contribution in [2.75, 3.05) is 40.3 Å². The van der Waals surface area contributed by atoms with Gasteiger partial charge in [0.05, 0.1) is 7.11 Å². The van der Waals surface area contributed by atoms with Crippen LogP contribution in [-0.4, -0.2) is 52.3 Å². The van der Waals surface area contributed by atoms with Crippen LogP contribution in [0, 0.1) is 0 Å². The van der Waals surface area contributed by atoms with Crippen molar-refractivity contribution >= 4 is 5.91 Å². The number of carbonyl (C=O) groups excluding carboxylic acids is 1. The number of hydrogen-bond donors (Lipinski definition) is 3. The lowest BCUT2D eigenvalue weighted by atomic mass is 10.1. The van der Waals surface area contributed by atoms with Gasteiger partial charge in [-0.3, -0.25) is 4.79 Å². The summed E-state index contributed by atoms with van der Waals surface area (Å²) in [4.78, 5) is 14.7. The van der Waals surface area contributed by atoms with Gasteiger partial charge in [-0.2, -0.15) is 0 Å². The molecule has 21 heavy (non-hydrogen) atoms. The Morgan fingerprint density at radius 2 is 1.86 bits per heavy atom. The lowest BCUT2D eigenvalue weighted by Gasteiger charge is -2.32. The molecule has 1 fully saturated rings. The van der Waals surface area contributed by atoms with Crippen LogP contribution in [0.3, 0.4) is 0 Å². The molecule has 0 aromatic heterocycles. The van der Waals surface area contributed by atoms with Gasteiger partial charge in [-0.05, 0) is 31.2 Å². The fraction of sp³-hybridized carbons (Fsp3) is 0.562. The van der Waals surface area contributed by atoms with Gasteiger partial charge in [-0.1, -0.05) is 0 Å². The van der Waals surface area contributed by atoms with Crippen LogP contribution < -0.4 is 19.9 Å². The van der Waals surface area contributed by atoms with Crippen LogP contribution in [0.1, 0.15) is 12.5 Å². The van der Waals surface area contributed by atoms with E-state index in [2.05, 4.69) is 17.4 Å². The second-order valence-corrected chi connectivity index (χ2v) is 5.77. The number of hydrogen-bond acceptors (Lipinski definition) is 2. The van der Waals surface area contributed by atoms with E-state index in [0.29, 0.717) is 0 Å². The van der Waals surface area contributed by atoms with Gasteiger partial charge in [0.1, 0.15) is 38.5 Å². The van der Waals surface area contributed by atoms with Crippen LogP contribution in [0.4, 0.5) is 0 Å². The Labute approximate surface area is 126 Å². The van der Waals surface area contributed by atoms with Crippen LogP contribution in [0.5, 0.6) is 5.75 Å². The number of piperazine rings is 1. The first-order valence-electron chi connectivity index (χ1n) is 7.66. The highest BCUT2D eigenvalue weighted by Crippen LogP contribution is 2.10. The van der Waals surface area contributed by atoms with Gasteiger partial charge < -0.3 is 19.9 Å². The molecular formula is C16H27N3O2+2. The minimum Gasteiger partial charge on any atom is -0.497 e. The second-order valence-electron chi connectivity index (χ2n) is 5.77. The van der Waals surface area contributed by atoms with E-state index in [1.165, 1.54) is 10.5 Å². The minimum atomic E-state index is 0.0533. The first kappa shape index (κ1) is 15.8. The first-order chi connectivity index (χ1) is 10.1. The lowest BCUT2D eigenvalue weighted by Crippen LogP contribution is -3.29. The number of rotatable bonds is 5. The first-order valence-corrected chi connectivity index (χ1v) is 7.66. The van der Waals surface area contributed by atoms with Crippen LogP contribution in [0.15, 0.2) is 24.3 Å². The van der Waals surface area contributed by atoms with Crippen LogP contribution in [0.25, 0.3) is 0 Å². The molecule has 5 heteroatoms. The lowest BCUT2D eigenvalue weighted by molar-refractivity contribution is -1.02. The van der Waals surface area contributed by atoms with E-state index < -0.39 is 0 Å². The van der Waals surface area contributed by atoms with Crippen molar-refractivity contribution in [1.29, 1.82) is 0 Å². The van der Waals surface area contributed by atoms with Gasteiger partial charge in [0.2, 0.25) is 0 Å². The van der Waals surface area contributed by atoms with Crippen LogP contribution in [-0.2, 0) is 11.3 Å². The van der Waals surface area contributed by atoms with Gasteiger partial charge in [0.15, 0.2) is 6.04 Å². The SMILES string of the molecule is CNC(=O)[C@@H](C)[NH+]1CC[NH+](Cc2ccc(OC)cc2)CC1. The molecule has 1 amide bonds. The predicted molar refractivity (Wildman–Crippen MR) is 81.6 cm³/mol. The molecule has 0 radical (unpaired) electrons. The van der Waals surface area contributed by atoms with Crippen molar-refractivity contribution in [2.24, 2.45) is 0 Å². The predicted octanol–water partition coefficient (Wildman–Crippen LogP) is -1.89. The Bertz CT molecular complexity index is 453. The Balaban J connectivity index is 1.82. The highest BCUT2D eigenvalue weighted by atomic mass is 16.5. The van der Waals surface area contributed by atoms with Gasteiger partial charge in [-0.25, -0.2) is 0 Å². The summed E-state index contributed by atoms with van der Waals surface area (Å²) >= 11 is 0. The molecule has 2 rings (SSSR count). The Morgan fingerprint density at radius 1 is 1.24 bits per heavy atom. The Morgan fingerprint density at radius 3 is 2.38 bits per heavy atom. The number of methoxy groups -OCH3 is 1. The van der Waals surface area contributed by atoms with E-state index in [1.807, 2.05) is 19.1 Å². The molecule has 0 spiro atoms. The molecule has 0 bridgehead atoms. The molecule has 3 N–H and O–H groups in total. The molecule has 0 aliphatic carbocycles. The summed E-state index contributed by atoms with van der Waals surface area (Å²) in [6.45, 7) is 7.40. The highest BCUT2D eigenvalue weighted by molar-refractivity contribution is 5.79. The summed E-state index contributed by atoms with van der Waals surface area (Å²) < 4.78 is 5.18. The monoisotopic (exact) mass is 293 g/mol. The molecule has 1 aliphatic heterocycles. The molecule has 0 unspecified atom stereocenters. The second kappa shape index (κ2) is 7.43. The van der Waals surface area contributed by atoms with Crippen molar-refractivity contribution in [2.45, 2.75) is 19.5 Å². The fourth-order valence-electron chi connectivity index (χ4n) is 2.97. The molecule has 1 heterocycles. The Hall–Kier alpha value is -1.59. The smallest absolute Gasteiger partial charge is 0.277 e. The van der Waals surface area contributed by atoms with E-state index in [0.717, 1.165) is 38.5 Å². The number of ether oxygens (including phenoxy) is 1. The third-order valence-electron chi connectivity index (χ3n) is 4.46. The minimum absolute atomic E-state index is 0.0533. The largest absolute Gasteiger partial charge is 0.497 e. The van der Waals surface area contributed by atoms with Gasteiger partial charge in [0, 0.05) is 12.6 Å². The zero-order valence-electron chi connectivity index (χ0n) is 13.2. The quantitative estimate of drug-likeness (QED) is 0.595. The summed E-state index contributed by atoms with van der Waals surface area (Å²) in [5.74, 6) is 1.05. The number of benzene rings is 1. The molecule has 1 aliphatic rings. The van der Waals surface area contributed by atoms with Crippen molar-refractivity contribution in [3.05, 3.63) is 29.8 Å². The number of quaternary nitrogens is 2. The fourth-order valence-corrected chi connectivity index (χ4v) is 2.97. The maximum absolute atomic E-state index is 11.7. The van der Waals surface area contributed by atoms with Crippen LogP contribution in [0.2, 0.25) is 0 Å². The zero-order valence-corrected chi connectivity index (χ0v) is 13.2. The van der Waals surface area contributed by atoms with Crippen molar-refractivity contribution in [3.8, 4) is 5.75 Å². The van der Waals surface area contributed by atoms with E-state index in [4.69, 9.17) is 4.74 Å². The van der Waals surface area contributed by atoms with E-state index in [9.17, 15) is 4.79 Å². The normalized spacial score (nSPS) is 23.4. The number of amides is 1. The van der Waals surface area contributed by atoms with Crippen molar-refractivity contribution in [3.63, 3.8) is 0 Å². The zero-order chi connectivity index (χ0) is 15.2. The summed E-state index contributed by atoms with van der Waals surface area (Å²) in [6, 6.07) is 8.36. The molecule has 0 saturated carbocycles. The van der Waals surface area contributed by atoms with E-state index >= 15 is 0 Å². The maximum atomic E-state index is 11.7. The van der Waals surface area contributed by atoms with Gasteiger partial charge in [0.25, 0.3) is 5.91 Å². The maximum Gasteiger partial charge on any atom is 0.277 e. The van der Waals surface area contributed by atoms with E-state index in [-0.39, 0.29) is 11.9 Å². The molecule has 5 nitrogen and oxygen atoms in total. The van der Waals surface area contributed by atoms with Crippen LogP contribution >= 0.6 is 0 Å². The summed E-state index contributed by atoms with van der Waals surface area (Å²) in [5, 5.41) is 2.75. The molecular weight excluding hydrogens is 266 g/mol. The molecule has 1 aromatic carbocycles. The highest BCUT2D eigenvalue weighted by Gasteiger charge is 2.30. The van der Waals surface area contributed by atoms with Gasteiger partial charge in [-0.15, -0.1) is 0 Å². The van der Waals surface area contributed by atoms with Gasteiger partial charge >= 0.3 is 0 Å². The average Bonchev–Trinajstić information content (AvgIpc) is 2.55. The number of carbonyl (C=O) groups is 1. The molecule has 1 atom stereocenters. The topological polar surface area (TPSA) is 47.2 Å². The van der Waals surface area contributed by atoms with Crippen molar-refractivity contribution < 1.29 is 19.3 Å².